The molecule has 0 saturated heterocycles. The van der Waals surface area contributed by atoms with Crippen LogP contribution >= 0.6 is 34.5 Å². The number of hydrogen-bond acceptors (Lipinski definition) is 4. The minimum absolute atomic E-state index is 0.0282. The summed E-state index contributed by atoms with van der Waals surface area (Å²) in [5, 5.41) is 12.5. The van der Waals surface area contributed by atoms with Crippen molar-refractivity contribution in [1.29, 1.82) is 0 Å². The predicted octanol–water partition coefficient (Wildman–Crippen LogP) is 3.65. The summed E-state index contributed by atoms with van der Waals surface area (Å²) in [6.45, 7) is 0. The Hall–Kier alpha value is -1.17. The number of nitrogens with one attached hydrogen (secondary N) is 1. The van der Waals surface area contributed by atoms with E-state index in [1.165, 1.54) is 16.5 Å². The van der Waals surface area contributed by atoms with Crippen LogP contribution in [0.4, 0.5) is 0 Å². The monoisotopic (exact) mass is 327 g/mol. The van der Waals surface area contributed by atoms with Crippen molar-refractivity contribution in [3.63, 3.8) is 0 Å². The molecule has 7 heteroatoms. The Morgan fingerprint density at radius 3 is 3.10 bits per heavy atom. The zero-order chi connectivity index (χ0) is 14.1. The first-order valence-electron chi connectivity index (χ1n) is 6.21. The molecule has 2 aromatic rings. The van der Waals surface area contributed by atoms with Crippen LogP contribution in [0.1, 0.15) is 39.7 Å². The summed E-state index contributed by atoms with van der Waals surface area (Å²) in [7, 11) is 0. The van der Waals surface area contributed by atoms with Crippen LogP contribution in [0.5, 0.6) is 0 Å². The number of carbonyl (C=O) groups is 1. The lowest BCUT2D eigenvalue weighted by Gasteiger charge is -2.23. The van der Waals surface area contributed by atoms with E-state index in [4.69, 9.17) is 23.2 Å². The van der Waals surface area contributed by atoms with Crippen LogP contribution in [0, 0.1) is 0 Å². The fraction of sp³-hybridized carbons (Fsp3) is 0.308. The SMILES string of the molecule is O=C(NC1CCCc2sccc21)c1cc(Cl)nnc1Cl. The Labute approximate surface area is 130 Å². The third-order valence-corrected chi connectivity index (χ3v) is 4.78. The minimum atomic E-state index is -0.268. The summed E-state index contributed by atoms with van der Waals surface area (Å²) < 4.78 is 0. The molecule has 1 N–H and O–H groups in total. The molecule has 0 spiro atoms. The number of aromatic nitrogens is 2. The second kappa shape index (κ2) is 5.68. The molecule has 3 rings (SSSR count). The van der Waals surface area contributed by atoms with Gasteiger partial charge in [0, 0.05) is 4.88 Å². The van der Waals surface area contributed by atoms with E-state index in [2.05, 4.69) is 27.0 Å². The molecule has 1 amide bonds. The number of fused-ring (bicyclic) bond motifs is 1. The molecule has 2 heterocycles. The van der Waals surface area contributed by atoms with Crippen LogP contribution in [-0.4, -0.2) is 16.1 Å². The quantitative estimate of drug-likeness (QED) is 0.915. The summed E-state index contributed by atoms with van der Waals surface area (Å²) in [6, 6.07) is 3.54. The van der Waals surface area contributed by atoms with Crippen molar-refractivity contribution in [2.45, 2.75) is 25.3 Å². The minimum Gasteiger partial charge on any atom is -0.345 e. The van der Waals surface area contributed by atoms with Crippen molar-refractivity contribution in [1.82, 2.24) is 15.5 Å². The lowest BCUT2D eigenvalue weighted by atomic mass is 9.94. The number of halogens is 2. The second-order valence-electron chi connectivity index (χ2n) is 4.59. The third kappa shape index (κ3) is 2.66. The first kappa shape index (κ1) is 13.8. The van der Waals surface area contributed by atoms with Crippen molar-refractivity contribution in [2.24, 2.45) is 0 Å². The molecule has 20 heavy (non-hydrogen) atoms. The number of thiophene rings is 1. The molecule has 1 unspecified atom stereocenters. The van der Waals surface area contributed by atoms with Crippen LogP contribution in [0.25, 0.3) is 0 Å². The van der Waals surface area contributed by atoms with Gasteiger partial charge in [-0.1, -0.05) is 23.2 Å². The molecule has 0 aliphatic heterocycles. The summed E-state index contributed by atoms with van der Waals surface area (Å²) >= 11 is 13.4. The highest BCUT2D eigenvalue weighted by Gasteiger charge is 2.24. The number of nitrogens with zero attached hydrogens (tertiary/aromatic N) is 2. The van der Waals surface area contributed by atoms with E-state index in [0.29, 0.717) is 0 Å². The Morgan fingerprint density at radius 1 is 1.40 bits per heavy atom. The lowest BCUT2D eigenvalue weighted by molar-refractivity contribution is 0.0932. The zero-order valence-electron chi connectivity index (χ0n) is 10.4. The largest absolute Gasteiger partial charge is 0.345 e. The van der Waals surface area contributed by atoms with E-state index in [0.717, 1.165) is 19.3 Å². The number of carbonyl (C=O) groups excluding carboxylic acids is 1. The van der Waals surface area contributed by atoms with Gasteiger partial charge >= 0.3 is 0 Å². The van der Waals surface area contributed by atoms with Crippen LogP contribution in [0.15, 0.2) is 17.5 Å². The van der Waals surface area contributed by atoms with E-state index in [9.17, 15) is 4.79 Å². The molecular formula is C13H11Cl2N3OS. The maximum absolute atomic E-state index is 12.3. The zero-order valence-corrected chi connectivity index (χ0v) is 12.7. The van der Waals surface area contributed by atoms with Crippen LogP contribution in [0.3, 0.4) is 0 Å². The average molecular weight is 328 g/mol. The molecule has 1 aliphatic rings. The van der Waals surface area contributed by atoms with Crippen molar-refractivity contribution in [3.05, 3.63) is 43.8 Å². The lowest BCUT2D eigenvalue weighted by Crippen LogP contribution is -2.30. The average Bonchev–Trinajstić information content (AvgIpc) is 2.91. The number of aryl methyl sites for hydroxylation is 1. The molecule has 1 aliphatic carbocycles. The molecule has 2 aromatic heterocycles. The van der Waals surface area contributed by atoms with Crippen molar-refractivity contribution in [2.75, 3.05) is 0 Å². The molecule has 0 fully saturated rings. The normalized spacial score (nSPS) is 17.6. The van der Waals surface area contributed by atoms with Gasteiger partial charge in [-0.25, -0.2) is 0 Å². The van der Waals surface area contributed by atoms with E-state index in [1.807, 2.05) is 0 Å². The van der Waals surface area contributed by atoms with E-state index in [-0.39, 0.29) is 27.8 Å². The van der Waals surface area contributed by atoms with Gasteiger partial charge in [-0.2, -0.15) is 0 Å². The Bertz CT molecular complexity index is 659. The van der Waals surface area contributed by atoms with Gasteiger partial charge in [0.05, 0.1) is 11.6 Å². The van der Waals surface area contributed by atoms with Gasteiger partial charge in [0.1, 0.15) is 0 Å². The van der Waals surface area contributed by atoms with E-state index >= 15 is 0 Å². The fourth-order valence-corrected chi connectivity index (χ4v) is 3.70. The maximum Gasteiger partial charge on any atom is 0.255 e. The summed E-state index contributed by atoms with van der Waals surface area (Å²) in [5.74, 6) is -0.268. The summed E-state index contributed by atoms with van der Waals surface area (Å²) in [6.07, 6.45) is 3.09. The molecule has 0 bridgehead atoms. The van der Waals surface area contributed by atoms with Gasteiger partial charge in [0.25, 0.3) is 5.91 Å². The van der Waals surface area contributed by atoms with Crippen molar-refractivity contribution < 1.29 is 4.79 Å². The molecule has 1 atom stereocenters. The van der Waals surface area contributed by atoms with E-state index in [1.54, 1.807) is 11.3 Å². The van der Waals surface area contributed by atoms with Gasteiger partial charge in [-0.3, -0.25) is 4.79 Å². The standard InChI is InChI=1S/C13H11Cl2N3OS/c14-11-6-8(12(15)18-17-11)13(19)16-9-2-1-3-10-7(9)4-5-20-10/h4-6,9H,1-3H2,(H,16,19). The van der Waals surface area contributed by atoms with Crippen molar-refractivity contribution >= 4 is 40.4 Å². The van der Waals surface area contributed by atoms with Gasteiger partial charge in [-0.05, 0) is 42.3 Å². The second-order valence-corrected chi connectivity index (χ2v) is 6.33. The molecule has 0 aromatic carbocycles. The third-order valence-electron chi connectivity index (χ3n) is 3.32. The molecule has 104 valence electrons. The first-order valence-corrected chi connectivity index (χ1v) is 7.84. The fourth-order valence-electron chi connectivity index (χ4n) is 2.38. The van der Waals surface area contributed by atoms with Crippen molar-refractivity contribution in [3.8, 4) is 0 Å². The van der Waals surface area contributed by atoms with Crippen LogP contribution < -0.4 is 5.32 Å². The highest BCUT2D eigenvalue weighted by Crippen LogP contribution is 2.33. The maximum atomic E-state index is 12.3. The van der Waals surface area contributed by atoms with Gasteiger partial charge in [-0.15, -0.1) is 21.5 Å². The van der Waals surface area contributed by atoms with Gasteiger partial charge in [0.15, 0.2) is 10.3 Å². The molecule has 0 radical (unpaired) electrons. The summed E-state index contributed by atoms with van der Waals surface area (Å²) in [5.41, 5.74) is 1.47. The van der Waals surface area contributed by atoms with E-state index < -0.39 is 0 Å². The van der Waals surface area contributed by atoms with Crippen LogP contribution in [0.2, 0.25) is 10.3 Å². The molecule has 4 nitrogen and oxygen atoms in total. The highest BCUT2D eigenvalue weighted by molar-refractivity contribution is 7.10. The topological polar surface area (TPSA) is 54.9 Å². The number of amides is 1. The van der Waals surface area contributed by atoms with Crippen LogP contribution in [-0.2, 0) is 6.42 Å². The number of hydrogen-bond donors (Lipinski definition) is 1. The van der Waals surface area contributed by atoms with Gasteiger partial charge < -0.3 is 5.32 Å². The molecule has 0 saturated carbocycles. The Kier molecular flexibility index (Phi) is 3.92. The Balaban J connectivity index is 1.82. The highest BCUT2D eigenvalue weighted by atomic mass is 35.5. The smallest absolute Gasteiger partial charge is 0.255 e. The number of rotatable bonds is 2. The molecular weight excluding hydrogens is 317 g/mol. The predicted molar refractivity (Wildman–Crippen MR) is 79.5 cm³/mol. The summed E-state index contributed by atoms with van der Waals surface area (Å²) in [4.78, 5) is 13.6. The Morgan fingerprint density at radius 2 is 2.25 bits per heavy atom. The van der Waals surface area contributed by atoms with Gasteiger partial charge in [0.2, 0.25) is 0 Å². The first-order chi connectivity index (χ1) is 9.65.